The van der Waals surface area contributed by atoms with Crippen LogP contribution in [0.4, 0.5) is 0 Å². The molecule has 0 aromatic heterocycles. The molecule has 0 aliphatic carbocycles. The van der Waals surface area contributed by atoms with Gasteiger partial charge >= 0.3 is 5.97 Å². The summed E-state index contributed by atoms with van der Waals surface area (Å²) in [6.45, 7) is 1.15. The van der Waals surface area contributed by atoms with E-state index in [1.807, 2.05) is 0 Å². The third-order valence-electron chi connectivity index (χ3n) is 2.62. The summed E-state index contributed by atoms with van der Waals surface area (Å²) in [7, 11) is 0. The maximum absolute atomic E-state index is 11.4. The Morgan fingerprint density at radius 2 is 2.25 bits per heavy atom. The number of carboxylic acid groups (broad SMARTS) is 1. The number of nitrogens with one attached hydrogen (secondary N) is 2. The van der Waals surface area contributed by atoms with Gasteiger partial charge in [-0.3, -0.25) is 4.79 Å². The first-order chi connectivity index (χ1) is 7.59. The van der Waals surface area contributed by atoms with Crippen molar-refractivity contribution >= 4 is 11.9 Å². The monoisotopic (exact) mass is 230 g/mol. The van der Waals surface area contributed by atoms with Crippen LogP contribution in [0.3, 0.4) is 0 Å². The van der Waals surface area contributed by atoms with Crippen molar-refractivity contribution in [1.29, 1.82) is 0 Å². The Labute approximate surface area is 94.0 Å². The Hall–Kier alpha value is -1.14. The number of carboxylic acids is 1. The summed E-state index contributed by atoms with van der Waals surface area (Å²) in [6.07, 6.45) is 1.16. The van der Waals surface area contributed by atoms with Crippen molar-refractivity contribution in [2.75, 3.05) is 13.1 Å². The average Bonchev–Trinajstić information content (AvgIpc) is 2.70. The van der Waals surface area contributed by atoms with Gasteiger partial charge in [0, 0.05) is 25.4 Å². The van der Waals surface area contributed by atoms with Crippen molar-refractivity contribution < 1.29 is 19.8 Å². The Morgan fingerprint density at radius 1 is 1.50 bits per heavy atom. The van der Waals surface area contributed by atoms with Crippen molar-refractivity contribution in [2.24, 2.45) is 0 Å². The summed E-state index contributed by atoms with van der Waals surface area (Å²) in [5.41, 5.74) is 0. The maximum atomic E-state index is 11.4. The molecule has 92 valence electrons. The van der Waals surface area contributed by atoms with Gasteiger partial charge in [-0.25, -0.2) is 4.79 Å². The summed E-state index contributed by atoms with van der Waals surface area (Å²) in [4.78, 5) is 21.7. The number of aliphatic hydroxyl groups excluding tert-OH is 1. The number of hydrogen-bond acceptors (Lipinski definition) is 4. The fourth-order valence-electron chi connectivity index (χ4n) is 1.70. The lowest BCUT2D eigenvalue weighted by molar-refractivity contribution is -0.147. The summed E-state index contributed by atoms with van der Waals surface area (Å²) in [6, 6.07) is 0.240. The predicted molar refractivity (Wildman–Crippen MR) is 56.9 cm³/mol. The fraction of sp³-hybridized carbons (Fsp3) is 0.800. The maximum Gasteiger partial charge on any atom is 0.332 e. The van der Waals surface area contributed by atoms with E-state index >= 15 is 0 Å². The molecule has 1 fully saturated rings. The van der Waals surface area contributed by atoms with Gasteiger partial charge < -0.3 is 20.8 Å². The van der Waals surface area contributed by atoms with E-state index in [2.05, 4.69) is 10.6 Å². The molecule has 4 N–H and O–H groups in total. The second-order valence-electron chi connectivity index (χ2n) is 3.99. The van der Waals surface area contributed by atoms with Gasteiger partial charge in [0.15, 0.2) is 6.10 Å². The molecule has 0 aromatic rings. The first-order valence-electron chi connectivity index (χ1n) is 5.50. The minimum Gasteiger partial charge on any atom is -0.479 e. The van der Waals surface area contributed by atoms with E-state index in [4.69, 9.17) is 10.2 Å². The molecule has 2 atom stereocenters. The highest BCUT2D eigenvalue weighted by Crippen LogP contribution is 2.08. The van der Waals surface area contributed by atoms with Crippen molar-refractivity contribution in [3.63, 3.8) is 0 Å². The standard InChI is InChI=1S/C10H18N2O4/c13-8(10(15)16)3-5-12-9(14)6-7-2-1-4-11-7/h7-8,11,13H,1-6H2,(H,12,14)(H,15,16). The van der Waals surface area contributed by atoms with E-state index in [1.165, 1.54) is 0 Å². The number of carbonyl (C=O) groups excluding carboxylic acids is 1. The first kappa shape index (κ1) is 12.9. The quantitative estimate of drug-likeness (QED) is 0.473. The van der Waals surface area contributed by atoms with E-state index in [-0.39, 0.29) is 24.9 Å². The van der Waals surface area contributed by atoms with Crippen LogP contribution in [0.25, 0.3) is 0 Å². The zero-order chi connectivity index (χ0) is 12.0. The van der Waals surface area contributed by atoms with Gasteiger partial charge in [0.25, 0.3) is 0 Å². The molecule has 6 heteroatoms. The lowest BCUT2D eigenvalue weighted by atomic mass is 10.1. The van der Waals surface area contributed by atoms with Gasteiger partial charge in [-0.15, -0.1) is 0 Å². The van der Waals surface area contributed by atoms with E-state index < -0.39 is 12.1 Å². The molecule has 1 heterocycles. The summed E-state index contributed by atoms with van der Waals surface area (Å²) < 4.78 is 0. The van der Waals surface area contributed by atoms with Crippen LogP contribution in [0.15, 0.2) is 0 Å². The Bertz CT molecular complexity index is 251. The number of carbonyl (C=O) groups is 2. The van der Waals surface area contributed by atoms with Crippen LogP contribution in [-0.2, 0) is 9.59 Å². The third kappa shape index (κ3) is 4.59. The van der Waals surface area contributed by atoms with E-state index in [0.29, 0.717) is 6.42 Å². The highest BCUT2D eigenvalue weighted by atomic mass is 16.4. The Kier molecular flexibility index (Phi) is 5.21. The van der Waals surface area contributed by atoms with Crippen molar-refractivity contribution in [3.8, 4) is 0 Å². The molecule has 0 saturated carbocycles. The zero-order valence-corrected chi connectivity index (χ0v) is 9.11. The van der Waals surface area contributed by atoms with Gasteiger partial charge in [-0.2, -0.15) is 0 Å². The molecule has 0 radical (unpaired) electrons. The van der Waals surface area contributed by atoms with E-state index in [9.17, 15) is 9.59 Å². The fourth-order valence-corrected chi connectivity index (χ4v) is 1.70. The number of amides is 1. The molecule has 0 bridgehead atoms. The Morgan fingerprint density at radius 3 is 2.81 bits per heavy atom. The largest absolute Gasteiger partial charge is 0.479 e. The van der Waals surface area contributed by atoms with Crippen LogP contribution in [0.2, 0.25) is 0 Å². The molecular formula is C10H18N2O4. The van der Waals surface area contributed by atoms with Gasteiger partial charge in [0.05, 0.1) is 0 Å². The molecule has 16 heavy (non-hydrogen) atoms. The minimum absolute atomic E-state index is 0.0408. The molecule has 1 aliphatic heterocycles. The predicted octanol–water partition coefficient (Wildman–Crippen LogP) is -0.920. The van der Waals surface area contributed by atoms with E-state index in [1.54, 1.807) is 0 Å². The van der Waals surface area contributed by atoms with Crippen LogP contribution >= 0.6 is 0 Å². The van der Waals surface area contributed by atoms with Crippen LogP contribution in [-0.4, -0.2) is 47.3 Å². The lowest BCUT2D eigenvalue weighted by Gasteiger charge is -2.11. The normalized spacial score (nSPS) is 21.7. The number of rotatable bonds is 6. The molecular weight excluding hydrogens is 212 g/mol. The number of aliphatic hydroxyl groups is 1. The molecule has 1 amide bonds. The molecule has 1 rings (SSSR count). The number of aliphatic carboxylic acids is 1. The molecule has 1 aliphatic rings. The van der Waals surface area contributed by atoms with E-state index in [0.717, 1.165) is 19.4 Å². The van der Waals surface area contributed by atoms with Gasteiger partial charge in [0.1, 0.15) is 0 Å². The van der Waals surface area contributed by atoms with Gasteiger partial charge in [-0.1, -0.05) is 0 Å². The number of hydrogen-bond donors (Lipinski definition) is 4. The van der Waals surface area contributed by atoms with Gasteiger partial charge in [0.2, 0.25) is 5.91 Å². The van der Waals surface area contributed by atoms with Crippen LogP contribution < -0.4 is 10.6 Å². The molecule has 6 nitrogen and oxygen atoms in total. The van der Waals surface area contributed by atoms with Crippen molar-refractivity contribution in [1.82, 2.24) is 10.6 Å². The topological polar surface area (TPSA) is 98.7 Å². The summed E-state index contributed by atoms with van der Waals surface area (Å²) >= 11 is 0. The zero-order valence-electron chi connectivity index (χ0n) is 9.11. The van der Waals surface area contributed by atoms with Crippen molar-refractivity contribution in [3.05, 3.63) is 0 Å². The smallest absolute Gasteiger partial charge is 0.332 e. The Balaban J connectivity index is 2.08. The minimum atomic E-state index is -1.40. The third-order valence-corrected chi connectivity index (χ3v) is 2.62. The summed E-state index contributed by atoms with van der Waals surface area (Å²) in [5, 5.41) is 23.2. The van der Waals surface area contributed by atoms with Crippen molar-refractivity contribution in [2.45, 2.75) is 37.8 Å². The SMILES string of the molecule is O=C(CC1CCCN1)NCCC(O)C(=O)O. The molecule has 0 spiro atoms. The van der Waals surface area contributed by atoms with Crippen LogP contribution in [0, 0.1) is 0 Å². The highest BCUT2D eigenvalue weighted by molar-refractivity contribution is 5.76. The lowest BCUT2D eigenvalue weighted by Crippen LogP contribution is -2.34. The summed E-state index contributed by atoms with van der Waals surface area (Å²) in [5.74, 6) is -1.36. The second-order valence-corrected chi connectivity index (χ2v) is 3.99. The van der Waals surface area contributed by atoms with Crippen LogP contribution in [0.5, 0.6) is 0 Å². The molecule has 1 saturated heterocycles. The van der Waals surface area contributed by atoms with Gasteiger partial charge in [-0.05, 0) is 19.4 Å². The molecule has 0 aromatic carbocycles. The second kappa shape index (κ2) is 6.44. The van der Waals surface area contributed by atoms with Crippen LogP contribution in [0.1, 0.15) is 25.7 Å². The average molecular weight is 230 g/mol. The molecule has 2 unspecified atom stereocenters. The first-order valence-corrected chi connectivity index (χ1v) is 5.50. The highest BCUT2D eigenvalue weighted by Gasteiger charge is 2.18.